The molecule has 0 bridgehead atoms. The van der Waals surface area contributed by atoms with E-state index in [1.165, 1.54) is 0 Å². The van der Waals surface area contributed by atoms with Gasteiger partial charge in [-0.25, -0.2) is 4.52 Å². The van der Waals surface area contributed by atoms with Gasteiger partial charge in [0.1, 0.15) is 12.4 Å². The van der Waals surface area contributed by atoms with E-state index in [1.807, 2.05) is 47.1 Å². The van der Waals surface area contributed by atoms with Gasteiger partial charge >= 0.3 is 0 Å². The Kier molecular flexibility index (Phi) is 3.19. The summed E-state index contributed by atoms with van der Waals surface area (Å²) in [7, 11) is 0. The van der Waals surface area contributed by atoms with Crippen molar-refractivity contribution in [3.8, 4) is 5.75 Å². The average Bonchev–Trinajstić information content (AvgIpc) is 2.84. The normalized spacial score (nSPS) is 10.8. The van der Waals surface area contributed by atoms with Crippen molar-refractivity contribution >= 4 is 5.52 Å². The largest absolute Gasteiger partial charge is 0.489 e. The number of hydrogen-bond donors (Lipinski definition) is 0. The van der Waals surface area contributed by atoms with E-state index in [1.54, 1.807) is 0 Å². The first-order chi connectivity index (χ1) is 9.38. The van der Waals surface area contributed by atoms with E-state index >= 15 is 0 Å². The molecule has 19 heavy (non-hydrogen) atoms. The third-order valence-corrected chi connectivity index (χ3v) is 3.13. The Balaban J connectivity index is 1.91. The zero-order valence-electron chi connectivity index (χ0n) is 10.8. The number of ether oxygens (including phenoxy) is 1. The first kappa shape index (κ1) is 11.8. The molecule has 0 aliphatic carbocycles. The number of pyridine rings is 1. The number of fused-ring (bicyclic) bond motifs is 1. The highest BCUT2D eigenvalue weighted by molar-refractivity contribution is 5.56. The maximum absolute atomic E-state index is 5.83. The quantitative estimate of drug-likeness (QED) is 0.711. The van der Waals surface area contributed by atoms with Crippen LogP contribution < -0.4 is 4.74 Å². The van der Waals surface area contributed by atoms with Crippen LogP contribution in [0.4, 0.5) is 0 Å². The number of rotatable bonds is 4. The molecular formula is C16H15N2O. The molecule has 3 aromatic rings. The lowest BCUT2D eigenvalue weighted by Crippen LogP contribution is -1.98. The molecule has 0 atom stereocenters. The molecule has 3 rings (SSSR count). The van der Waals surface area contributed by atoms with Crippen LogP contribution in [0.1, 0.15) is 18.2 Å². The summed E-state index contributed by atoms with van der Waals surface area (Å²) in [6.45, 7) is 2.66. The molecule has 0 saturated heterocycles. The van der Waals surface area contributed by atoms with Gasteiger partial charge < -0.3 is 4.74 Å². The van der Waals surface area contributed by atoms with Gasteiger partial charge in [-0.2, -0.15) is 5.10 Å². The van der Waals surface area contributed by atoms with Gasteiger partial charge in [0.2, 0.25) is 0 Å². The van der Waals surface area contributed by atoms with E-state index in [9.17, 15) is 0 Å². The molecule has 0 fully saturated rings. The van der Waals surface area contributed by atoms with Gasteiger partial charge in [-0.3, -0.25) is 0 Å². The summed E-state index contributed by atoms with van der Waals surface area (Å²) in [4.78, 5) is 0. The molecule has 3 heteroatoms. The summed E-state index contributed by atoms with van der Waals surface area (Å²) in [6.07, 6.45) is 2.87. The molecule has 0 saturated carbocycles. The highest BCUT2D eigenvalue weighted by Gasteiger charge is 2.11. The topological polar surface area (TPSA) is 26.5 Å². The van der Waals surface area contributed by atoms with Gasteiger partial charge in [0, 0.05) is 11.8 Å². The van der Waals surface area contributed by atoms with Gasteiger partial charge in [-0.05, 0) is 36.8 Å². The van der Waals surface area contributed by atoms with Crippen molar-refractivity contribution in [3.63, 3.8) is 0 Å². The number of nitrogens with zero attached hydrogens (tertiary/aromatic N) is 2. The van der Waals surface area contributed by atoms with Crippen molar-refractivity contribution in [1.82, 2.24) is 9.61 Å². The molecule has 0 aliphatic rings. The van der Waals surface area contributed by atoms with E-state index in [0.717, 1.165) is 28.9 Å². The Labute approximate surface area is 112 Å². The van der Waals surface area contributed by atoms with E-state index in [2.05, 4.69) is 24.2 Å². The van der Waals surface area contributed by atoms with Gasteiger partial charge in [-0.1, -0.05) is 25.1 Å². The SMILES string of the molecule is CCc1nn2ccccc2c1COc1cc[c]cc1. The molecule has 2 heterocycles. The monoisotopic (exact) mass is 251 g/mol. The summed E-state index contributed by atoms with van der Waals surface area (Å²) in [5, 5.41) is 4.57. The van der Waals surface area contributed by atoms with E-state index in [0.29, 0.717) is 6.61 Å². The van der Waals surface area contributed by atoms with Crippen LogP contribution in [0.25, 0.3) is 5.52 Å². The fourth-order valence-corrected chi connectivity index (χ4v) is 2.16. The Morgan fingerprint density at radius 2 is 2.05 bits per heavy atom. The van der Waals surface area contributed by atoms with Crippen LogP contribution in [0.5, 0.6) is 5.75 Å². The molecule has 1 radical (unpaired) electrons. The van der Waals surface area contributed by atoms with Crippen LogP contribution >= 0.6 is 0 Å². The van der Waals surface area contributed by atoms with Crippen LogP contribution in [-0.2, 0) is 13.0 Å². The Morgan fingerprint density at radius 1 is 1.21 bits per heavy atom. The van der Waals surface area contributed by atoms with Crippen molar-refractivity contribution < 1.29 is 4.74 Å². The first-order valence-electron chi connectivity index (χ1n) is 6.42. The fraction of sp³-hybridized carbons (Fsp3) is 0.188. The molecule has 1 aromatic carbocycles. The third-order valence-electron chi connectivity index (χ3n) is 3.13. The van der Waals surface area contributed by atoms with Crippen molar-refractivity contribution in [1.29, 1.82) is 0 Å². The van der Waals surface area contributed by atoms with Crippen molar-refractivity contribution in [2.75, 3.05) is 0 Å². The standard InChI is InChI=1S/C16H15N2O/c1-2-15-14(12-19-13-8-4-3-5-9-13)16-10-6-7-11-18(16)17-15/h4-11H,2,12H2,1H3. The second-order valence-corrected chi connectivity index (χ2v) is 4.33. The van der Waals surface area contributed by atoms with Gasteiger partial charge in [0.05, 0.1) is 11.2 Å². The molecule has 0 aliphatic heterocycles. The molecule has 3 nitrogen and oxygen atoms in total. The van der Waals surface area contributed by atoms with Crippen LogP contribution in [0.3, 0.4) is 0 Å². The zero-order chi connectivity index (χ0) is 13.1. The van der Waals surface area contributed by atoms with Crippen LogP contribution in [0.15, 0.2) is 48.7 Å². The predicted octanol–water partition coefficient (Wildman–Crippen LogP) is 3.28. The minimum absolute atomic E-state index is 0.542. The predicted molar refractivity (Wildman–Crippen MR) is 74.2 cm³/mol. The fourth-order valence-electron chi connectivity index (χ4n) is 2.16. The smallest absolute Gasteiger partial charge is 0.119 e. The minimum atomic E-state index is 0.542. The maximum Gasteiger partial charge on any atom is 0.119 e. The molecule has 0 amide bonds. The summed E-state index contributed by atoms with van der Waals surface area (Å²) in [5.41, 5.74) is 3.37. The molecule has 95 valence electrons. The number of benzene rings is 1. The third kappa shape index (κ3) is 2.32. The van der Waals surface area contributed by atoms with Gasteiger partial charge in [-0.15, -0.1) is 0 Å². The van der Waals surface area contributed by atoms with E-state index in [-0.39, 0.29) is 0 Å². The van der Waals surface area contributed by atoms with Crippen LogP contribution in [-0.4, -0.2) is 9.61 Å². The summed E-state index contributed by atoms with van der Waals surface area (Å²) >= 11 is 0. The number of hydrogen-bond acceptors (Lipinski definition) is 2. The van der Waals surface area contributed by atoms with E-state index < -0.39 is 0 Å². The number of aromatic nitrogens is 2. The Bertz CT molecular complexity index is 674. The first-order valence-corrected chi connectivity index (χ1v) is 6.42. The molecule has 2 aromatic heterocycles. The summed E-state index contributed by atoms with van der Waals surface area (Å²) < 4.78 is 7.74. The van der Waals surface area contributed by atoms with E-state index in [4.69, 9.17) is 4.74 Å². The van der Waals surface area contributed by atoms with Crippen LogP contribution in [0.2, 0.25) is 0 Å². The maximum atomic E-state index is 5.83. The second kappa shape index (κ2) is 5.14. The zero-order valence-corrected chi connectivity index (χ0v) is 10.8. The molecule has 0 unspecified atom stereocenters. The lowest BCUT2D eigenvalue weighted by atomic mass is 10.2. The molecular weight excluding hydrogens is 236 g/mol. The van der Waals surface area contributed by atoms with Crippen LogP contribution in [0, 0.1) is 6.07 Å². The second-order valence-electron chi connectivity index (χ2n) is 4.33. The number of aryl methyl sites for hydroxylation is 1. The lowest BCUT2D eigenvalue weighted by molar-refractivity contribution is 0.306. The van der Waals surface area contributed by atoms with Crippen molar-refractivity contribution in [2.45, 2.75) is 20.0 Å². The molecule has 0 spiro atoms. The molecule has 0 N–H and O–H groups in total. The van der Waals surface area contributed by atoms with Crippen molar-refractivity contribution in [2.24, 2.45) is 0 Å². The summed E-state index contributed by atoms with van der Waals surface area (Å²) in [6, 6.07) is 16.6. The lowest BCUT2D eigenvalue weighted by Gasteiger charge is -2.06. The Hall–Kier alpha value is -2.29. The Morgan fingerprint density at radius 3 is 2.84 bits per heavy atom. The minimum Gasteiger partial charge on any atom is -0.489 e. The van der Waals surface area contributed by atoms with Gasteiger partial charge in [0.25, 0.3) is 0 Å². The highest BCUT2D eigenvalue weighted by atomic mass is 16.5. The average molecular weight is 251 g/mol. The van der Waals surface area contributed by atoms with Gasteiger partial charge in [0.15, 0.2) is 0 Å². The van der Waals surface area contributed by atoms with Crippen molar-refractivity contribution in [3.05, 3.63) is 66.0 Å². The summed E-state index contributed by atoms with van der Waals surface area (Å²) in [5.74, 6) is 0.857. The highest BCUT2D eigenvalue weighted by Crippen LogP contribution is 2.19.